The molecule has 1 N–H and O–H groups in total. The van der Waals surface area contributed by atoms with Crippen LogP contribution >= 0.6 is 0 Å². The Bertz CT molecular complexity index is 416. The molecule has 1 fully saturated rings. The number of hydrogen-bond donors (Lipinski definition) is 1. The summed E-state index contributed by atoms with van der Waals surface area (Å²) in [5, 5.41) is 10.0. The van der Waals surface area contributed by atoms with Crippen molar-refractivity contribution in [2.75, 3.05) is 13.1 Å². The van der Waals surface area contributed by atoms with E-state index in [1.54, 1.807) is 11.8 Å². The molecular formula is C14H19NO3. The van der Waals surface area contributed by atoms with Gasteiger partial charge in [0.15, 0.2) is 0 Å². The predicted octanol–water partition coefficient (Wildman–Crippen LogP) is 2.03. The smallest absolute Gasteiger partial charge is 0.410 e. The van der Waals surface area contributed by atoms with Crippen molar-refractivity contribution in [3.63, 3.8) is 0 Å². The van der Waals surface area contributed by atoms with Gasteiger partial charge >= 0.3 is 6.09 Å². The first-order chi connectivity index (χ1) is 8.49. The molecule has 0 aliphatic carbocycles. The summed E-state index contributed by atoms with van der Waals surface area (Å²) in [5.41, 5.74) is 0.149. The average molecular weight is 249 g/mol. The summed E-state index contributed by atoms with van der Waals surface area (Å²) < 4.78 is 5.23. The van der Waals surface area contributed by atoms with Crippen molar-refractivity contribution in [1.82, 2.24) is 4.90 Å². The van der Waals surface area contributed by atoms with Gasteiger partial charge in [0.2, 0.25) is 0 Å². The van der Waals surface area contributed by atoms with Crippen LogP contribution in [0.2, 0.25) is 0 Å². The number of amides is 1. The van der Waals surface area contributed by atoms with Crippen molar-refractivity contribution in [3.05, 3.63) is 35.9 Å². The van der Waals surface area contributed by atoms with Crippen LogP contribution in [0.4, 0.5) is 4.79 Å². The Morgan fingerprint density at radius 1 is 1.50 bits per heavy atom. The van der Waals surface area contributed by atoms with E-state index in [1.807, 2.05) is 37.3 Å². The van der Waals surface area contributed by atoms with Crippen molar-refractivity contribution < 1.29 is 14.6 Å². The van der Waals surface area contributed by atoms with Crippen LogP contribution in [0, 0.1) is 5.92 Å². The average Bonchev–Trinajstić information content (AvgIpc) is 2.62. The number of β-amino-alcohol motifs (C(OH)–C–C–N with tert-alkyl or cyclic N) is 1. The van der Waals surface area contributed by atoms with Crippen LogP contribution in [-0.4, -0.2) is 34.8 Å². The van der Waals surface area contributed by atoms with Gasteiger partial charge in [-0.05, 0) is 12.5 Å². The number of rotatable bonds is 2. The summed E-state index contributed by atoms with van der Waals surface area (Å²) >= 11 is 0. The molecule has 0 saturated carbocycles. The van der Waals surface area contributed by atoms with Crippen molar-refractivity contribution in [1.29, 1.82) is 0 Å². The van der Waals surface area contributed by atoms with Gasteiger partial charge in [-0.15, -0.1) is 0 Å². The zero-order valence-electron chi connectivity index (χ0n) is 10.8. The molecular weight excluding hydrogens is 230 g/mol. The monoisotopic (exact) mass is 249 g/mol. The summed E-state index contributed by atoms with van der Waals surface area (Å²) in [5.74, 6) is 0.0711. The van der Waals surface area contributed by atoms with Gasteiger partial charge in [-0.3, -0.25) is 0 Å². The van der Waals surface area contributed by atoms with Gasteiger partial charge in [0.05, 0.1) is 12.1 Å². The Kier molecular flexibility index (Phi) is 3.57. The Balaban J connectivity index is 1.87. The Labute approximate surface area is 107 Å². The fraction of sp³-hybridized carbons (Fsp3) is 0.500. The number of carbonyl (C=O) groups excluding carboxylic acids is 1. The fourth-order valence-electron chi connectivity index (χ4n) is 2.08. The third kappa shape index (κ3) is 2.82. The molecule has 4 nitrogen and oxygen atoms in total. The second kappa shape index (κ2) is 4.98. The Hall–Kier alpha value is -1.55. The molecule has 0 spiro atoms. The van der Waals surface area contributed by atoms with Crippen LogP contribution in [-0.2, 0) is 11.3 Å². The van der Waals surface area contributed by atoms with Gasteiger partial charge in [-0.2, -0.15) is 0 Å². The molecule has 1 aliphatic heterocycles. The first-order valence-corrected chi connectivity index (χ1v) is 6.17. The highest BCUT2D eigenvalue weighted by atomic mass is 16.6. The number of aliphatic hydroxyl groups is 1. The minimum absolute atomic E-state index is 0.0711. The molecule has 1 aliphatic rings. The fourth-order valence-corrected chi connectivity index (χ4v) is 2.08. The number of benzene rings is 1. The number of likely N-dealkylation sites (tertiary alicyclic amines) is 1. The summed E-state index contributed by atoms with van der Waals surface area (Å²) in [7, 11) is 0. The molecule has 1 heterocycles. The Morgan fingerprint density at radius 2 is 2.17 bits per heavy atom. The summed E-state index contributed by atoms with van der Waals surface area (Å²) in [4.78, 5) is 13.4. The zero-order chi connectivity index (χ0) is 13.2. The molecule has 0 aromatic heterocycles. The van der Waals surface area contributed by atoms with E-state index in [9.17, 15) is 9.90 Å². The lowest BCUT2D eigenvalue weighted by Gasteiger charge is -2.20. The van der Waals surface area contributed by atoms with Crippen molar-refractivity contribution in [3.8, 4) is 0 Å². The van der Waals surface area contributed by atoms with Gasteiger partial charge in [-0.25, -0.2) is 4.79 Å². The van der Waals surface area contributed by atoms with Gasteiger partial charge in [-0.1, -0.05) is 37.3 Å². The first kappa shape index (κ1) is 12.9. The van der Waals surface area contributed by atoms with Crippen LogP contribution in [0.3, 0.4) is 0 Å². The van der Waals surface area contributed by atoms with E-state index < -0.39 is 5.60 Å². The molecule has 2 atom stereocenters. The highest BCUT2D eigenvalue weighted by molar-refractivity contribution is 5.68. The second-order valence-electron chi connectivity index (χ2n) is 5.18. The molecule has 4 heteroatoms. The predicted molar refractivity (Wildman–Crippen MR) is 68.0 cm³/mol. The quantitative estimate of drug-likeness (QED) is 0.872. The largest absolute Gasteiger partial charge is 0.445 e. The lowest BCUT2D eigenvalue weighted by molar-refractivity contribution is 0.0343. The third-order valence-corrected chi connectivity index (χ3v) is 3.53. The minimum atomic E-state index is -0.814. The molecule has 1 saturated heterocycles. The lowest BCUT2D eigenvalue weighted by atomic mass is 9.95. The van der Waals surface area contributed by atoms with E-state index >= 15 is 0 Å². The topological polar surface area (TPSA) is 49.8 Å². The van der Waals surface area contributed by atoms with Crippen LogP contribution < -0.4 is 0 Å². The molecule has 98 valence electrons. The first-order valence-electron chi connectivity index (χ1n) is 6.17. The van der Waals surface area contributed by atoms with E-state index in [1.165, 1.54) is 0 Å². The van der Waals surface area contributed by atoms with Crippen molar-refractivity contribution >= 4 is 6.09 Å². The molecule has 2 rings (SSSR count). The van der Waals surface area contributed by atoms with Crippen LogP contribution in [0.25, 0.3) is 0 Å². The van der Waals surface area contributed by atoms with Crippen LogP contribution in [0.5, 0.6) is 0 Å². The number of nitrogens with zero attached hydrogens (tertiary/aromatic N) is 1. The highest BCUT2D eigenvalue weighted by Gasteiger charge is 2.41. The molecule has 1 amide bonds. The van der Waals surface area contributed by atoms with Gasteiger partial charge < -0.3 is 14.7 Å². The molecule has 1 aromatic carbocycles. The highest BCUT2D eigenvalue weighted by Crippen LogP contribution is 2.27. The molecule has 0 bridgehead atoms. The van der Waals surface area contributed by atoms with E-state index in [0.717, 1.165) is 5.56 Å². The lowest BCUT2D eigenvalue weighted by Crippen LogP contribution is -2.35. The van der Waals surface area contributed by atoms with E-state index in [4.69, 9.17) is 4.74 Å². The van der Waals surface area contributed by atoms with Crippen molar-refractivity contribution in [2.45, 2.75) is 26.1 Å². The SMILES string of the molecule is C[C@@H]1CN(C(=O)OCc2ccccc2)C[C@]1(C)O. The number of hydrogen-bond acceptors (Lipinski definition) is 3. The zero-order valence-corrected chi connectivity index (χ0v) is 10.8. The standard InChI is InChI=1S/C14H19NO3/c1-11-8-15(10-14(11,2)17)13(16)18-9-12-6-4-3-5-7-12/h3-7,11,17H,8-10H2,1-2H3/t11-,14+/m1/s1. The number of carbonyl (C=O) groups is 1. The summed E-state index contributed by atoms with van der Waals surface area (Å²) in [6, 6.07) is 9.56. The maximum atomic E-state index is 11.8. The Morgan fingerprint density at radius 3 is 2.72 bits per heavy atom. The van der Waals surface area contributed by atoms with E-state index in [0.29, 0.717) is 13.1 Å². The number of ether oxygens (including phenoxy) is 1. The summed E-state index contributed by atoms with van der Waals surface area (Å²) in [6.07, 6.45) is -0.358. The minimum Gasteiger partial charge on any atom is -0.445 e. The molecule has 1 aromatic rings. The van der Waals surface area contributed by atoms with Gasteiger partial charge in [0, 0.05) is 12.5 Å². The molecule has 18 heavy (non-hydrogen) atoms. The van der Waals surface area contributed by atoms with Gasteiger partial charge in [0.1, 0.15) is 6.61 Å². The van der Waals surface area contributed by atoms with Crippen LogP contribution in [0.15, 0.2) is 30.3 Å². The second-order valence-corrected chi connectivity index (χ2v) is 5.18. The maximum Gasteiger partial charge on any atom is 0.410 e. The van der Waals surface area contributed by atoms with Crippen LogP contribution in [0.1, 0.15) is 19.4 Å². The van der Waals surface area contributed by atoms with Crippen molar-refractivity contribution in [2.24, 2.45) is 5.92 Å². The normalized spacial score (nSPS) is 27.3. The van der Waals surface area contributed by atoms with E-state index in [-0.39, 0.29) is 18.6 Å². The molecule has 0 radical (unpaired) electrons. The van der Waals surface area contributed by atoms with E-state index in [2.05, 4.69) is 0 Å². The summed E-state index contributed by atoms with van der Waals surface area (Å²) in [6.45, 7) is 4.84. The molecule has 0 unspecified atom stereocenters. The maximum absolute atomic E-state index is 11.8. The van der Waals surface area contributed by atoms with Gasteiger partial charge in [0.25, 0.3) is 0 Å². The third-order valence-electron chi connectivity index (χ3n) is 3.53.